The van der Waals surface area contributed by atoms with Crippen LogP contribution < -0.4 is 9.64 Å². The van der Waals surface area contributed by atoms with Gasteiger partial charge in [-0.3, -0.25) is 0 Å². The van der Waals surface area contributed by atoms with Crippen LogP contribution in [0.3, 0.4) is 0 Å². The van der Waals surface area contributed by atoms with E-state index in [-0.39, 0.29) is 12.6 Å². The Morgan fingerprint density at radius 1 is 1.11 bits per heavy atom. The molecular weight excluding hydrogens is 346 g/mol. The maximum absolute atomic E-state index is 5.78. The Morgan fingerprint density at radius 3 is 2.81 bits per heavy atom. The molecule has 0 bridgehead atoms. The van der Waals surface area contributed by atoms with Crippen LogP contribution in [-0.4, -0.2) is 63.5 Å². The maximum Gasteiger partial charge on any atom is 0.322 e. The Morgan fingerprint density at radius 2 is 1.96 bits per heavy atom. The van der Waals surface area contributed by atoms with Crippen molar-refractivity contribution in [3.05, 3.63) is 30.9 Å². The zero-order chi connectivity index (χ0) is 18.3. The second-order valence-electron chi connectivity index (χ2n) is 5.76. The molecule has 1 fully saturated rings. The lowest BCUT2D eigenvalue weighted by molar-refractivity contribution is 0.122. The summed E-state index contributed by atoms with van der Waals surface area (Å²) in [6.45, 7) is 2.90. The second-order valence-corrected chi connectivity index (χ2v) is 5.76. The molecule has 0 saturated carbocycles. The molecule has 1 saturated heterocycles. The standard InChI is InChI=1S/C18H17N7O2/c1-2-4-15(21-5-3-1)12-27-18-23-16(14-10-19-13-20-11-14)22-17(24-18)25-6-8-26-9-7-25/h2,4,10-11,13H,1,6-9,12H2. The lowest BCUT2D eigenvalue weighted by Crippen LogP contribution is -2.37. The highest BCUT2D eigenvalue weighted by molar-refractivity contribution is 5.97. The van der Waals surface area contributed by atoms with Crippen LogP contribution in [0.5, 0.6) is 6.01 Å². The molecule has 0 aromatic carbocycles. The van der Waals surface area contributed by atoms with Crippen LogP contribution in [0.15, 0.2) is 35.9 Å². The minimum absolute atomic E-state index is 0.221. The number of aliphatic imine (C=N–C) groups is 1. The molecule has 4 rings (SSSR count). The Bertz CT molecular complexity index is 912. The van der Waals surface area contributed by atoms with Crippen LogP contribution >= 0.6 is 0 Å². The van der Waals surface area contributed by atoms with E-state index in [2.05, 4.69) is 41.9 Å². The van der Waals surface area contributed by atoms with E-state index in [1.165, 1.54) is 6.33 Å². The van der Waals surface area contributed by atoms with Crippen LogP contribution in [0.25, 0.3) is 11.4 Å². The zero-order valence-electron chi connectivity index (χ0n) is 14.6. The highest BCUT2D eigenvalue weighted by Crippen LogP contribution is 2.20. The molecule has 0 atom stereocenters. The molecule has 9 heteroatoms. The molecule has 2 aliphatic heterocycles. The molecule has 2 aliphatic rings. The number of anilines is 1. The summed E-state index contributed by atoms with van der Waals surface area (Å²) in [6.07, 6.45) is 9.27. The summed E-state index contributed by atoms with van der Waals surface area (Å²) in [5.74, 6) is 3.91. The highest BCUT2D eigenvalue weighted by Gasteiger charge is 2.18. The van der Waals surface area contributed by atoms with Crippen molar-refractivity contribution in [2.24, 2.45) is 4.99 Å². The smallest absolute Gasteiger partial charge is 0.322 e. The van der Waals surface area contributed by atoms with E-state index in [1.54, 1.807) is 12.4 Å². The van der Waals surface area contributed by atoms with Gasteiger partial charge in [-0.2, -0.15) is 19.9 Å². The fourth-order valence-corrected chi connectivity index (χ4v) is 2.53. The van der Waals surface area contributed by atoms with Gasteiger partial charge in [-0.1, -0.05) is 12.0 Å². The Labute approximate surface area is 156 Å². The maximum atomic E-state index is 5.78. The lowest BCUT2D eigenvalue weighted by atomic mass is 10.3. The largest absolute Gasteiger partial charge is 0.457 e. The zero-order valence-corrected chi connectivity index (χ0v) is 14.6. The minimum atomic E-state index is 0.221. The molecule has 4 heterocycles. The summed E-state index contributed by atoms with van der Waals surface area (Å²) in [7, 11) is 0. The summed E-state index contributed by atoms with van der Waals surface area (Å²) < 4.78 is 11.2. The van der Waals surface area contributed by atoms with Gasteiger partial charge in [-0.05, 0) is 6.08 Å². The molecule has 27 heavy (non-hydrogen) atoms. The summed E-state index contributed by atoms with van der Waals surface area (Å²) in [4.78, 5) is 27.7. The van der Waals surface area contributed by atoms with Crippen molar-refractivity contribution < 1.29 is 9.47 Å². The molecule has 2 aromatic rings. The molecule has 0 radical (unpaired) electrons. The Balaban J connectivity index is 1.61. The van der Waals surface area contributed by atoms with E-state index < -0.39 is 0 Å². The Hall–Kier alpha value is -3.38. The van der Waals surface area contributed by atoms with Gasteiger partial charge < -0.3 is 14.4 Å². The third-order valence-corrected chi connectivity index (χ3v) is 3.87. The lowest BCUT2D eigenvalue weighted by Gasteiger charge is -2.26. The summed E-state index contributed by atoms with van der Waals surface area (Å²) >= 11 is 0. The molecule has 9 nitrogen and oxygen atoms in total. The fraction of sp³-hybridized carbons (Fsp3) is 0.333. The van der Waals surface area contributed by atoms with E-state index >= 15 is 0 Å². The number of nitrogens with zero attached hydrogens (tertiary/aromatic N) is 7. The number of allylic oxidation sites excluding steroid dienone is 1. The van der Waals surface area contributed by atoms with Gasteiger partial charge in [0.25, 0.3) is 0 Å². The predicted octanol–water partition coefficient (Wildman–Crippen LogP) is 0.906. The van der Waals surface area contributed by atoms with Crippen molar-refractivity contribution in [3.8, 4) is 29.4 Å². The van der Waals surface area contributed by atoms with E-state index in [0.29, 0.717) is 50.1 Å². The van der Waals surface area contributed by atoms with Crippen LogP contribution in [0.4, 0.5) is 5.95 Å². The van der Waals surface area contributed by atoms with Crippen molar-refractivity contribution in [1.29, 1.82) is 0 Å². The van der Waals surface area contributed by atoms with Crippen LogP contribution in [0, 0.1) is 12.0 Å². The van der Waals surface area contributed by atoms with Gasteiger partial charge in [0.15, 0.2) is 5.82 Å². The van der Waals surface area contributed by atoms with Crippen LogP contribution in [0.1, 0.15) is 6.42 Å². The molecule has 136 valence electrons. The SMILES string of the molecule is C1#CN=C(COc2nc(-c3cncnc3)nc(N3CCOCC3)n2)C=CC1. The van der Waals surface area contributed by atoms with Crippen LogP contribution in [-0.2, 0) is 4.74 Å². The summed E-state index contributed by atoms with van der Waals surface area (Å²) in [5.41, 5.74) is 1.41. The van der Waals surface area contributed by atoms with Gasteiger partial charge in [0.1, 0.15) is 12.9 Å². The minimum Gasteiger partial charge on any atom is -0.457 e. The van der Waals surface area contributed by atoms with Gasteiger partial charge in [-0.15, -0.1) is 0 Å². The van der Waals surface area contributed by atoms with Crippen LogP contribution in [0.2, 0.25) is 0 Å². The third-order valence-electron chi connectivity index (χ3n) is 3.87. The number of hydrogen-bond donors (Lipinski definition) is 0. The van der Waals surface area contributed by atoms with Crippen molar-refractivity contribution in [1.82, 2.24) is 24.9 Å². The average Bonchev–Trinajstić information content (AvgIpc) is 3.02. The number of morpholine rings is 1. The summed E-state index contributed by atoms with van der Waals surface area (Å²) in [6, 6.07) is 2.96. The Kier molecular flexibility index (Phi) is 5.26. The molecule has 2 aromatic heterocycles. The molecule has 0 aliphatic carbocycles. The predicted molar refractivity (Wildman–Crippen MR) is 98.3 cm³/mol. The average molecular weight is 363 g/mol. The van der Waals surface area contributed by atoms with E-state index in [0.717, 1.165) is 5.71 Å². The molecule has 0 N–H and O–H groups in total. The van der Waals surface area contributed by atoms with Crippen molar-refractivity contribution >= 4 is 11.7 Å². The monoisotopic (exact) mass is 363 g/mol. The molecule has 0 spiro atoms. The number of aromatic nitrogens is 5. The third kappa shape index (κ3) is 4.43. The molecular formula is C18H17N7O2. The number of rotatable bonds is 5. The summed E-state index contributed by atoms with van der Waals surface area (Å²) in [5, 5.41) is 0. The van der Waals surface area contributed by atoms with Gasteiger partial charge in [-0.25, -0.2) is 9.97 Å². The van der Waals surface area contributed by atoms with E-state index in [9.17, 15) is 0 Å². The first-order chi connectivity index (χ1) is 13.4. The van der Waals surface area contributed by atoms with Crippen molar-refractivity contribution in [2.75, 3.05) is 37.8 Å². The first-order valence-corrected chi connectivity index (χ1v) is 8.56. The molecule has 0 amide bonds. The van der Waals surface area contributed by atoms with E-state index in [4.69, 9.17) is 9.47 Å². The first kappa shape index (κ1) is 17.1. The van der Waals surface area contributed by atoms with Gasteiger partial charge in [0.05, 0.1) is 24.5 Å². The normalized spacial score (nSPS) is 16.1. The van der Waals surface area contributed by atoms with Crippen molar-refractivity contribution in [2.45, 2.75) is 6.42 Å². The van der Waals surface area contributed by atoms with Gasteiger partial charge in [0, 0.05) is 37.9 Å². The number of ether oxygens (including phenoxy) is 2. The first-order valence-electron chi connectivity index (χ1n) is 8.56. The topological polar surface area (TPSA) is 98.5 Å². The highest BCUT2D eigenvalue weighted by atomic mass is 16.5. The molecule has 0 unspecified atom stereocenters. The van der Waals surface area contributed by atoms with Gasteiger partial charge >= 0.3 is 6.01 Å². The number of hydrogen-bond acceptors (Lipinski definition) is 9. The van der Waals surface area contributed by atoms with Gasteiger partial charge in [0.2, 0.25) is 5.95 Å². The van der Waals surface area contributed by atoms with Crippen molar-refractivity contribution in [3.63, 3.8) is 0 Å². The second kappa shape index (κ2) is 8.33. The quantitative estimate of drug-likeness (QED) is 0.723. The fourth-order valence-electron chi connectivity index (χ4n) is 2.53. The van der Waals surface area contributed by atoms with E-state index in [1.807, 2.05) is 17.1 Å².